The molecule has 19 heavy (non-hydrogen) atoms. The van der Waals surface area contributed by atoms with Crippen LogP contribution in [0.4, 0.5) is 10.5 Å². The van der Waals surface area contributed by atoms with Crippen LogP contribution in [0, 0.1) is 5.92 Å². The van der Waals surface area contributed by atoms with Crippen LogP contribution in [0.3, 0.4) is 0 Å². The van der Waals surface area contributed by atoms with Crippen LogP contribution in [-0.2, 0) is 11.2 Å². The Hall–Kier alpha value is -1.62. The third-order valence-electron chi connectivity index (χ3n) is 2.38. The molecule has 0 aliphatic heterocycles. The highest BCUT2D eigenvalue weighted by Crippen LogP contribution is 2.09. The summed E-state index contributed by atoms with van der Waals surface area (Å²) in [5, 5.41) is 5.64. The summed E-state index contributed by atoms with van der Waals surface area (Å²) in [6, 6.07) is 7.88. The number of aryl methyl sites for hydroxylation is 1. The van der Waals surface area contributed by atoms with Crippen LogP contribution < -0.4 is 10.6 Å². The number of ether oxygens (including phenoxy) is 1. The minimum Gasteiger partial charge on any atom is -0.449 e. The number of rotatable bonds is 4. The maximum absolute atomic E-state index is 11.4. The fourth-order valence-electron chi connectivity index (χ4n) is 1.36. The van der Waals surface area contributed by atoms with Crippen molar-refractivity contribution in [1.82, 2.24) is 5.32 Å². The first-order valence-corrected chi connectivity index (χ1v) is 6.75. The summed E-state index contributed by atoms with van der Waals surface area (Å²) in [6.07, 6.45) is 0.459. The number of alkyl carbamates (subject to hydrolysis) is 1. The number of anilines is 1. The van der Waals surface area contributed by atoms with Gasteiger partial charge in [0.2, 0.25) is 0 Å². The predicted octanol–water partition coefficient (Wildman–Crippen LogP) is 3.33. The second-order valence-corrected chi connectivity index (χ2v) is 5.03. The molecule has 0 radical (unpaired) electrons. The maximum Gasteiger partial charge on any atom is 0.413 e. The molecule has 0 atom stereocenters. The van der Waals surface area contributed by atoms with Gasteiger partial charge in [0.1, 0.15) is 0 Å². The van der Waals surface area contributed by atoms with Gasteiger partial charge in [0.05, 0.1) is 6.61 Å². The largest absolute Gasteiger partial charge is 0.449 e. The number of nitrogens with one attached hydrogen (secondary N) is 2. The van der Waals surface area contributed by atoms with Gasteiger partial charge in [-0.15, -0.1) is 0 Å². The number of carbonyl (C=O) groups is 1. The summed E-state index contributed by atoms with van der Waals surface area (Å²) in [5.41, 5.74) is 2.09. The second kappa shape index (κ2) is 7.74. The molecule has 0 saturated carbocycles. The van der Waals surface area contributed by atoms with Crippen molar-refractivity contribution in [1.29, 1.82) is 0 Å². The topological polar surface area (TPSA) is 50.4 Å². The van der Waals surface area contributed by atoms with Gasteiger partial charge in [0.25, 0.3) is 0 Å². The molecule has 4 nitrogen and oxygen atoms in total. The number of carbonyl (C=O) groups excluding carboxylic acids is 1. The van der Waals surface area contributed by atoms with Gasteiger partial charge in [-0.05, 0) is 42.3 Å². The number of benzene rings is 1. The molecule has 0 saturated heterocycles. The van der Waals surface area contributed by atoms with Gasteiger partial charge in [-0.2, -0.15) is 0 Å². The molecule has 104 valence electrons. The summed E-state index contributed by atoms with van der Waals surface area (Å²) in [4.78, 5) is 11.4. The highest BCUT2D eigenvalue weighted by Gasteiger charge is 2.06. The first-order valence-electron chi connectivity index (χ1n) is 6.35. The lowest BCUT2D eigenvalue weighted by atomic mass is 10.1. The first kappa shape index (κ1) is 15.4. The fraction of sp³-hybridized carbons (Fsp3) is 0.429. The van der Waals surface area contributed by atoms with E-state index in [0.29, 0.717) is 12.5 Å². The number of hydrogen-bond acceptors (Lipinski definition) is 3. The highest BCUT2D eigenvalue weighted by molar-refractivity contribution is 7.80. The Kier molecular flexibility index (Phi) is 6.29. The summed E-state index contributed by atoms with van der Waals surface area (Å²) in [6.45, 7) is 6.41. The van der Waals surface area contributed by atoms with Crippen LogP contribution in [0.5, 0.6) is 0 Å². The Morgan fingerprint density at radius 2 is 1.95 bits per heavy atom. The van der Waals surface area contributed by atoms with Crippen molar-refractivity contribution in [2.24, 2.45) is 5.92 Å². The van der Waals surface area contributed by atoms with Crippen molar-refractivity contribution in [3.05, 3.63) is 29.8 Å². The van der Waals surface area contributed by atoms with Crippen LogP contribution in [0.15, 0.2) is 24.3 Å². The smallest absolute Gasteiger partial charge is 0.413 e. The molecule has 2 N–H and O–H groups in total. The van der Waals surface area contributed by atoms with Crippen LogP contribution in [0.25, 0.3) is 0 Å². The van der Waals surface area contributed by atoms with Crippen LogP contribution in [-0.4, -0.2) is 17.8 Å². The minimum absolute atomic E-state index is 0.234. The van der Waals surface area contributed by atoms with E-state index in [1.807, 2.05) is 38.1 Å². The van der Waals surface area contributed by atoms with Gasteiger partial charge >= 0.3 is 6.09 Å². The van der Waals surface area contributed by atoms with Gasteiger partial charge in [-0.25, -0.2) is 4.79 Å². The molecule has 0 fully saturated rings. The van der Waals surface area contributed by atoms with E-state index in [2.05, 4.69) is 17.6 Å². The van der Waals surface area contributed by atoms with E-state index in [-0.39, 0.29) is 5.11 Å². The third-order valence-corrected chi connectivity index (χ3v) is 2.59. The van der Waals surface area contributed by atoms with E-state index in [9.17, 15) is 4.79 Å². The number of amides is 1. The Balaban J connectivity index is 2.39. The third kappa shape index (κ3) is 6.20. The van der Waals surface area contributed by atoms with Gasteiger partial charge < -0.3 is 10.1 Å². The molecule has 0 aliphatic rings. The second-order valence-electron chi connectivity index (χ2n) is 4.62. The lowest BCUT2D eigenvalue weighted by Crippen LogP contribution is -2.35. The standard InChI is InChI=1S/C14H20N2O2S/c1-4-11-5-7-12(8-6-11)15-13(19)16-14(17)18-9-10(2)3/h5-8,10H,4,9H2,1-3H3,(H2,15,16,17,19). The molecule has 0 aromatic heterocycles. The van der Waals surface area contributed by atoms with Crippen molar-refractivity contribution in [3.63, 3.8) is 0 Å². The Morgan fingerprint density at radius 1 is 1.32 bits per heavy atom. The number of hydrogen-bond donors (Lipinski definition) is 2. The van der Waals surface area contributed by atoms with Crippen molar-refractivity contribution < 1.29 is 9.53 Å². The SMILES string of the molecule is CCc1ccc(NC(=S)NC(=O)OCC(C)C)cc1. The maximum atomic E-state index is 11.4. The molecule has 1 amide bonds. The van der Waals surface area contributed by atoms with E-state index in [4.69, 9.17) is 17.0 Å². The van der Waals surface area contributed by atoms with E-state index < -0.39 is 6.09 Å². The molecular formula is C14H20N2O2S. The highest BCUT2D eigenvalue weighted by atomic mass is 32.1. The van der Waals surface area contributed by atoms with Crippen molar-refractivity contribution in [3.8, 4) is 0 Å². The molecule has 0 aliphatic carbocycles. The average Bonchev–Trinajstić information content (AvgIpc) is 2.37. The van der Waals surface area contributed by atoms with E-state index in [1.54, 1.807) is 0 Å². The van der Waals surface area contributed by atoms with E-state index in [0.717, 1.165) is 12.1 Å². The van der Waals surface area contributed by atoms with Gasteiger partial charge in [-0.1, -0.05) is 32.9 Å². The Labute approximate surface area is 119 Å². The zero-order valence-electron chi connectivity index (χ0n) is 11.5. The first-order chi connectivity index (χ1) is 9.01. The quantitative estimate of drug-likeness (QED) is 0.831. The van der Waals surface area contributed by atoms with Crippen LogP contribution >= 0.6 is 12.2 Å². The van der Waals surface area contributed by atoms with Gasteiger partial charge in [0.15, 0.2) is 5.11 Å². The Bertz CT molecular complexity index is 430. The monoisotopic (exact) mass is 280 g/mol. The van der Waals surface area contributed by atoms with E-state index in [1.165, 1.54) is 5.56 Å². The molecular weight excluding hydrogens is 260 g/mol. The van der Waals surface area contributed by atoms with Crippen molar-refractivity contribution in [2.75, 3.05) is 11.9 Å². The molecule has 1 aromatic rings. The zero-order valence-corrected chi connectivity index (χ0v) is 12.3. The fourth-order valence-corrected chi connectivity index (χ4v) is 1.56. The molecule has 0 heterocycles. The lowest BCUT2D eigenvalue weighted by Gasteiger charge is -2.11. The summed E-state index contributed by atoms with van der Waals surface area (Å²) in [5.74, 6) is 0.300. The number of thiocarbonyl (C=S) groups is 1. The summed E-state index contributed by atoms with van der Waals surface area (Å²) < 4.78 is 4.97. The molecule has 1 rings (SSSR count). The molecule has 1 aromatic carbocycles. The van der Waals surface area contributed by atoms with Gasteiger partial charge in [0, 0.05) is 5.69 Å². The minimum atomic E-state index is -0.531. The van der Waals surface area contributed by atoms with Crippen molar-refractivity contribution >= 4 is 29.1 Å². The van der Waals surface area contributed by atoms with E-state index >= 15 is 0 Å². The summed E-state index contributed by atoms with van der Waals surface area (Å²) in [7, 11) is 0. The van der Waals surface area contributed by atoms with Crippen LogP contribution in [0.1, 0.15) is 26.3 Å². The normalized spacial score (nSPS) is 10.1. The molecule has 0 spiro atoms. The molecule has 5 heteroatoms. The van der Waals surface area contributed by atoms with Crippen molar-refractivity contribution in [2.45, 2.75) is 27.2 Å². The average molecular weight is 280 g/mol. The predicted molar refractivity (Wildman–Crippen MR) is 81.4 cm³/mol. The summed E-state index contributed by atoms with van der Waals surface area (Å²) >= 11 is 5.03. The zero-order chi connectivity index (χ0) is 14.3. The lowest BCUT2D eigenvalue weighted by molar-refractivity contribution is 0.138. The van der Waals surface area contributed by atoms with Gasteiger partial charge in [-0.3, -0.25) is 5.32 Å². The van der Waals surface area contributed by atoms with Crippen LogP contribution in [0.2, 0.25) is 0 Å². The molecule has 0 bridgehead atoms. The Morgan fingerprint density at radius 3 is 2.47 bits per heavy atom. The molecule has 0 unspecified atom stereocenters.